The van der Waals surface area contributed by atoms with E-state index in [2.05, 4.69) is 5.32 Å². The van der Waals surface area contributed by atoms with Crippen LogP contribution in [0.3, 0.4) is 0 Å². The smallest absolute Gasteiger partial charge is 0.270 e. The summed E-state index contributed by atoms with van der Waals surface area (Å²) in [6, 6.07) is 10.8. The molecule has 0 unspecified atom stereocenters. The van der Waals surface area contributed by atoms with Crippen molar-refractivity contribution in [3.05, 3.63) is 65.2 Å². The van der Waals surface area contributed by atoms with E-state index >= 15 is 0 Å². The fourth-order valence-electron chi connectivity index (χ4n) is 3.01. The summed E-state index contributed by atoms with van der Waals surface area (Å²) in [5, 5.41) is 2.78. The quantitative estimate of drug-likeness (QED) is 0.852. The fraction of sp³-hybridized carbons (Fsp3) is 0.333. The van der Waals surface area contributed by atoms with Crippen LogP contribution in [0.5, 0.6) is 0 Å². The fourth-order valence-corrected chi connectivity index (χ4v) is 3.01. The number of furan rings is 1. The Bertz CT molecular complexity index is 768. The summed E-state index contributed by atoms with van der Waals surface area (Å²) in [7, 11) is 0. The van der Waals surface area contributed by atoms with E-state index in [1.54, 1.807) is 36.6 Å². The van der Waals surface area contributed by atoms with Crippen LogP contribution < -0.4 is 5.32 Å². The van der Waals surface area contributed by atoms with Crippen LogP contribution in [0, 0.1) is 6.92 Å². The van der Waals surface area contributed by atoms with Gasteiger partial charge in [-0.25, -0.2) is 0 Å². The molecule has 1 N–H and O–H groups in total. The van der Waals surface area contributed by atoms with E-state index in [1.165, 1.54) is 0 Å². The molecule has 0 aliphatic carbocycles. The van der Waals surface area contributed by atoms with Crippen LogP contribution in [0.4, 0.5) is 0 Å². The lowest BCUT2D eigenvalue weighted by Gasteiger charge is -2.22. The number of hydrogen-bond acceptors (Lipinski definition) is 3. The summed E-state index contributed by atoms with van der Waals surface area (Å²) in [5.74, 6) is 0.0714. The highest BCUT2D eigenvalue weighted by Crippen LogP contribution is 2.15. The normalized spacial score (nSPS) is 15.4. The molecule has 0 spiro atoms. The number of nitrogens with one attached hydrogen (secondary N) is 1. The zero-order valence-electron chi connectivity index (χ0n) is 15.0. The summed E-state index contributed by atoms with van der Waals surface area (Å²) >= 11 is 0. The molecule has 5 nitrogen and oxygen atoms in total. The predicted octanol–water partition coefficient (Wildman–Crippen LogP) is 3.76. The van der Waals surface area contributed by atoms with Gasteiger partial charge in [-0.1, -0.05) is 30.5 Å². The first-order valence-electron chi connectivity index (χ1n) is 9.06. The molecule has 1 aromatic heterocycles. The van der Waals surface area contributed by atoms with Crippen molar-refractivity contribution in [3.63, 3.8) is 0 Å². The Morgan fingerprint density at radius 1 is 1.04 bits per heavy atom. The molecule has 2 heterocycles. The lowest BCUT2D eigenvalue weighted by molar-refractivity contribution is -0.127. The van der Waals surface area contributed by atoms with Crippen LogP contribution in [0.1, 0.15) is 47.4 Å². The molecule has 3 rings (SSSR count). The zero-order valence-corrected chi connectivity index (χ0v) is 15.0. The second kappa shape index (κ2) is 8.52. The van der Waals surface area contributed by atoms with Crippen LogP contribution in [-0.4, -0.2) is 29.8 Å². The summed E-state index contributed by atoms with van der Waals surface area (Å²) < 4.78 is 5.33. The van der Waals surface area contributed by atoms with Crippen LogP contribution in [0.15, 0.2) is 52.8 Å². The summed E-state index contributed by atoms with van der Waals surface area (Å²) in [5.41, 5.74) is 1.84. The highest BCUT2D eigenvalue weighted by Gasteiger charge is 2.22. The van der Waals surface area contributed by atoms with Gasteiger partial charge in [0.1, 0.15) is 11.5 Å². The van der Waals surface area contributed by atoms with Crippen LogP contribution in [0.2, 0.25) is 0 Å². The van der Waals surface area contributed by atoms with E-state index in [0.717, 1.165) is 31.2 Å². The van der Waals surface area contributed by atoms with E-state index < -0.39 is 0 Å². The van der Waals surface area contributed by atoms with Crippen molar-refractivity contribution in [2.45, 2.75) is 32.6 Å². The maximum atomic E-state index is 13.0. The number of likely N-dealkylation sites (tertiary alicyclic amines) is 1. The third-order valence-corrected chi connectivity index (χ3v) is 4.52. The van der Waals surface area contributed by atoms with Crippen molar-refractivity contribution in [1.82, 2.24) is 10.2 Å². The molecule has 2 amide bonds. The summed E-state index contributed by atoms with van der Waals surface area (Å²) in [6.45, 7) is 3.40. The van der Waals surface area contributed by atoms with Crippen LogP contribution in [-0.2, 0) is 4.79 Å². The Balaban J connectivity index is 1.82. The molecule has 5 heteroatoms. The molecule has 2 aromatic rings. The number of rotatable bonds is 4. The Labute approximate surface area is 153 Å². The third kappa shape index (κ3) is 4.63. The molecule has 1 aliphatic rings. The predicted molar refractivity (Wildman–Crippen MR) is 100 cm³/mol. The standard InChI is InChI=1S/C21H24N2O3/c1-16-8-10-17(11-9-16)20(24)22-19(15-18-7-6-14-26-18)21(25)23-12-4-2-3-5-13-23/h6-11,14-15H,2-5,12-13H2,1H3,(H,22,24)/b19-15-. The van der Waals surface area contributed by atoms with Crippen molar-refractivity contribution in [3.8, 4) is 0 Å². The van der Waals surface area contributed by atoms with E-state index in [9.17, 15) is 9.59 Å². The van der Waals surface area contributed by atoms with E-state index in [4.69, 9.17) is 4.42 Å². The minimum atomic E-state index is -0.300. The number of nitrogens with zero attached hydrogens (tertiary/aromatic N) is 1. The Morgan fingerprint density at radius 2 is 1.73 bits per heavy atom. The second-order valence-corrected chi connectivity index (χ2v) is 6.60. The van der Waals surface area contributed by atoms with Gasteiger partial charge in [-0.05, 0) is 44.0 Å². The zero-order chi connectivity index (χ0) is 18.4. The van der Waals surface area contributed by atoms with Crippen LogP contribution in [0.25, 0.3) is 6.08 Å². The first kappa shape index (κ1) is 18.0. The number of carbonyl (C=O) groups is 2. The lowest BCUT2D eigenvalue weighted by Crippen LogP contribution is -2.39. The van der Waals surface area contributed by atoms with Gasteiger partial charge in [0.25, 0.3) is 11.8 Å². The largest absolute Gasteiger partial charge is 0.465 e. The molecule has 0 saturated carbocycles. The van der Waals surface area contributed by atoms with Gasteiger partial charge in [-0.2, -0.15) is 0 Å². The van der Waals surface area contributed by atoms with E-state index in [-0.39, 0.29) is 17.5 Å². The number of carbonyl (C=O) groups excluding carboxylic acids is 2. The van der Waals surface area contributed by atoms with Crippen molar-refractivity contribution in [1.29, 1.82) is 0 Å². The Morgan fingerprint density at radius 3 is 2.35 bits per heavy atom. The highest BCUT2D eigenvalue weighted by atomic mass is 16.3. The average molecular weight is 352 g/mol. The van der Waals surface area contributed by atoms with Gasteiger partial charge < -0.3 is 14.6 Å². The molecule has 1 saturated heterocycles. The minimum absolute atomic E-state index is 0.163. The van der Waals surface area contributed by atoms with Crippen molar-refractivity contribution in [2.75, 3.05) is 13.1 Å². The number of aryl methyl sites for hydroxylation is 1. The van der Waals surface area contributed by atoms with E-state index in [0.29, 0.717) is 24.4 Å². The number of amides is 2. The molecule has 1 aromatic carbocycles. The van der Waals surface area contributed by atoms with Gasteiger partial charge in [0.05, 0.1) is 6.26 Å². The van der Waals surface area contributed by atoms with Gasteiger partial charge in [0.15, 0.2) is 0 Å². The highest BCUT2D eigenvalue weighted by molar-refractivity contribution is 6.05. The number of benzene rings is 1. The molecular weight excluding hydrogens is 328 g/mol. The second-order valence-electron chi connectivity index (χ2n) is 6.60. The molecule has 0 atom stereocenters. The molecular formula is C21H24N2O3. The Hall–Kier alpha value is -2.82. The number of hydrogen-bond donors (Lipinski definition) is 1. The summed E-state index contributed by atoms with van der Waals surface area (Å²) in [6.07, 6.45) is 7.39. The molecule has 26 heavy (non-hydrogen) atoms. The third-order valence-electron chi connectivity index (χ3n) is 4.52. The molecule has 0 bridgehead atoms. The topological polar surface area (TPSA) is 62.6 Å². The van der Waals surface area contributed by atoms with Gasteiger partial charge in [-0.3, -0.25) is 9.59 Å². The van der Waals surface area contributed by atoms with E-state index in [1.807, 2.05) is 24.0 Å². The van der Waals surface area contributed by atoms with Gasteiger partial charge >= 0.3 is 0 Å². The summed E-state index contributed by atoms with van der Waals surface area (Å²) in [4.78, 5) is 27.4. The maximum absolute atomic E-state index is 13.0. The Kier molecular flexibility index (Phi) is 5.89. The molecule has 0 radical (unpaired) electrons. The molecule has 1 aliphatic heterocycles. The van der Waals surface area contributed by atoms with Crippen molar-refractivity contribution < 1.29 is 14.0 Å². The molecule has 136 valence electrons. The molecule has 1 fully saturated rings. The monoisotopic (exact) mass is 352 g/mol. The van der Waals surface area contributed by atoms with Crippen molar-refractivity contribution in [2.24, 2.45) is 0 Å². The van der Waals surface area contributed by atoms with Crippen molar-refractivity contribution >= 4 is 17.9 Å². The van der Waals surface area contributed by atoms with Crippen LogP contribution >= 0.6 is 0 Å². The average Bonchev–Trinajstić information content (AvgIpc) is 3.00. The minimum Gasteiger partial charge on any atom is -0.465 e. The maximum Gasteiger partial charge on any atom is 0.270 e. The first-order chi connectivity index (χ1) is 12.6. The lowest BCUT2D eigenvalue weighted by atomic mass is 10.1. The van der Waals surface area contributed by atoms with Gasteiger partial charge in [0, 0.05) is 24.7 Å². The first-order valence-corrected chi connectivity index (χ1v) is 9.06. The van der Waals surface area contributed by atoms with Gasteiger partial charge in [0.2, 0.25) is 0 Å². The van der Waals surface area contributed by atoms with Gasteiger partial charge in [-0.15, -0.1) is 0 Å². The SMILES string of the molecule is Cc1ccc(C(=O)N/C(=C\c2ccco2)C(=O)N2CCCCCC2)cc1.